The van der Waals surface area contributed by atoms with E-state index in [0.717, 1.165) is 10.9 Å². The number of ether oxygens (including phenoxy) is 2. The topological polar surface area (TPSA) is 38.8 Å². The van der Waals surface area contributed by atoms with E-state index >= 15 is 0 Å². The lowest BCUT2D eigenvalue weighted by Crippen LogP contribution is -2.26. The Balaban J connectivity index is 1.76. The molecule has 1 fully saturated rings. The first-order valence-corrected chi connectivity index (χ1v) is 6.81. The fourth-order valence-corrected chi connectivity index (χ4v) is 2.29. The molecule has 3 nitrogen and oxygen atoms in total. The third-order valence-electron chi connectivity index (χ3n) is 3.23. The Kier molecular flexibility index (Phi) is 3.02. The van der Waals surface area contributed by atoms with Crippen molar-refractivity contribution in [2.24, 2.45) is 0 Å². The molecule has 0 aliphatic carbocycles. The normalized spacial score (nSPS) is 21.8. The van der Waals surface area contributed by atoms with Gasteiger partial charge in [-0.2, -0.15) is 0 Å². The van der Waals surface area contributed by atoms with Crippen LogP contribution in [0.2, 0.25) is 0 Å². The summed E-state index contributed by atoms with van der Waals surface area (Å²) in [4.78, 5) is 11.9. The third-order valence-corrected chi connectivity index (χ3v) is 3.23. The second-order valence-corrected chi connectivity index (χ2v) is 6.12. The minimum atomic E-state index is -0.475. The van der Waals surface area contributed by atoms with Crippen molar-refractivity contribution in [3.63, 3.8) is 0 Å². The smallest absolute Gasteiger partial charge is 0.338 e. The van der Waals surface area contributed by atoms with Gasteiger partial charge in [0.15, 0.2) is 6.10 Å². The quantitative estimate of drug-likeness (QED) is 0.618. The molecule has 3 heteroatoms. The second-order valence-electron chi connectivity index (χ2n) is 6.12. The summed E-state index contributed by atoms with van der Waals surface area (Å²) < 4.78 is 10.8. The van der Waals surface area contributed by atoms with Gasteiger partial charge < -0.3 is 9.47 Å². The molecular formula is C17H18O3. The molecule has 2 aromatic rings. The van der Waals surface area contributed by atoms with Crippen molar-refractivity contribution in [2.45, 2.75) is 38.6 Å². The van der Waals surface area contributed by atoms with Gasteiger partial charge in [0.1, 0.15) is 11.7 Å². The van der Waals surface area contributed by atoms with Gasteiger partial charge in [0.25, 0.3) is 0 Å². The van der Waals surface area contributed by atoms with Crippen molar-refractivity contribution in [3.05, 3.63) is 48.0 Å². The fraction of sp³-hybridized carbons (Fsp3) is 0.353. The van der Waals surface area contributed by atoms with Crippen molar-refractivity contribution in [3.8, 4) is 0 Å². The number of fused-ring (bicyclic) bond motifs is 1. The summed E-state index contributed by atoms with van der Waals surface area (Å²) >= 11 is 0. The van der Waals surface area contributed by atoms with E-state index in [1.807, 2.05) is 39.0 Å². The molecule has 0 bridgehead atoms. The van der Waals surface area contributed by atoms with Crippen molar-refractivity contribution >= 4 is 16.7 Å². The zero-order valence-electron chi connectivity index (χ0n) is 11.9. The minimum Gasteiger partial charge on any atom is -0.458 e. The van der Waals surface area contributed by atoms with E-state index in [4.69, 9.17) is 9.47 Å². The molecule has 0 radical (unpaired) electrons. The van der Waals surface area contributed by atoms with Crippen LogP contribution in [-0.2, 0) is 14.3 Å². The summed E-state index contributed by atoms with van der Waals surface area (Å²) in [6.07, 6.45) is -0.634. The number of rotatable bonds is 2. The maximum absolute atomic E-state index is 11.9. The highest BCUT2D eigenvalue weighted by atomic mass is 16.6. The van der Waals surface area contributed by atoms with Crippen LogP contribution in [0, 0.1) is 0 Å². The van der Waals surface area contributed by atoms with Crippen LogP contribution in [-0.4, -0.2) is 17.7 Å². The lowest BCUT2D eigenvalue weighted by molar-refractivity contribution is -0.156. The molecule has 20 heavy (non-hydrogen) atoms. The monoisotopic (exact) mass is 270 g/mol. The van der Waals surface area contributed by atoms with Crippen molar-refractivity contribution in [2.75, 3.05) is 0 Å². The molecule has 0 N–H and O–H groups in total. The van der Waals surface area contributed by atoms with Gasteiger partial charge in [-0.15, -0.1) is 0 Å². The van der Waals surface area contributed by atoms with Crippen LogP contribution in [0.5, 0.6) is 0 Å². The molecule has 104 valence electrons. The Morgan fingerprint density at radius 2 is 1.80 bits per heavy atom. The van der Waals surface area contributed by atoms with Gasteiger partial charge in [-0.3, -0.25) is 0 Å². The number of hydrogen-bond acceptors (Lipinski definition) is 3. The zero-order chi connectivity index (χ0) is 14.3. The van der Waals surface area contributed by atoms with Crippen LogP contribution in [0.1, 0.15) is 32.4 Å². The average molecular weight is 270 g/mol. The summed E-state index contributed by atoms with van der Waals surface area (Å²) in [5, 5.41) is 2.34. The van der Waals surface area contributed by atoms with E-state index in [9.17, 15) is 4.79 Å². The van der Waals surface area contributed by atoms with Crippen LogP contribution in [0.4, 0.5) is 0 Å². The SMILES string of the molecule is CC(C)(C)OC(=O)C1OC1c1ccc2ccccc2c1. The highest BCUT2D eigenvalue weighted by molar-refractivity contribution is 5.84. The molecule has 2 aromatic carbocycles. The fourth-order valence-electron chi connectivity index (χ4n) is 2.29. The first-order valence-electron chi connectivity index (χ1n) is 6.81. The third kappa shape index (κ3) is 2.68. The summed E-state index contributed by atoms with van der Waals surface area (Å²) in [5.74, 6) is -0.282. The Hall–Kier alpha value is -1.87. The Bertz CT molecular complexity index is 655. The molecular weight excluding hydrogens is 252 g/mol. The Morgan fingerprint density at radius 3 is 2.50 bits per heavy atom. The number of carbonyl (C=O) groups excluding carboxylic acids is 1. The molecule has 1 aliphatic heterocycles. The first-order chi connectivity index (χ1) is 9.44. The maximum Gasteiger partial charge on any atom is 0.338 e. The highest BCUT2D eigenvalue weighted by Gasteiger charge is 2.48. The standard InChI is InChI=1S/C17H18O3/c1-17(2,3)20-16(18)15-14(19-15)13-9-8-11-6-4-5-7-12(11)10-13/h4-10,14-15H,1-3H3. The van der Waals surface area contributed by atoms with E-state index in [1.165, 1.54) is 5.39 Å². The molecule has 0 saturated carbocycles. The number of esters is 1. The molecule has 0 spiro atoms. The molecule has 1 heterocycles. The van der Waals surface area contributed by atoms with Gasteiger partial charge in [0.2, 0.25) is 0 Å². The second kappa shape index (κ2) is 4.60. The predicted octanol–water partition coefficient (Wildman–Crippen LogP) is 3.62. The summed E-state index contributed by atoms with van der Waals surface area (Å²) in [7, 11) is 0. The largest absolute Gasteiger partial charge is 0.458 e. The van der Waals surface area contributed by atoms with Gasteiger partial charge in [0.05, 0.1) is 0 Å². The molecule has 2 atom stereocenters. The van der Waals surface area contributed by atoms with Crippen LogP contribution in [0.15, 0.2) is 42.5 Å². The van der Waals surface area contributed by atoms with Crippen LogP contribution < -0.4 is 0 Å². The van der Waals surface area contributed by atoms with E-state index < -0.39 is 11.7 Å². The number of hydrogen-bond donors (Lipinski definition) is 0. The highest BCUT2D eigenvalue weighted by Crippen LogP contribution is 2.40. The van der Waals surface area contributed by atoms with E-state index in [2.05, 4.69) is 24.3 Å². The lowest BCUT2D eigenvalue weighted by atomic mass is 10.0. The van der Waals surface area contributed by atoms with Crippen LogP contribution in [0.25, 0.3) is 10.8 Å². The van der Waals surface area contributed by atoms with E-state index in [0.29, 0.717) is 0 Å². The molecule has 2 unspecified atom stereocenters. The van der Waals surface area contributed by atoms with E-state index in [-0.39, 0.29) is 12.1 Å². The molecule has 1 aliphatic rings. The van der Waals surface area contributed by atoms with Crippen molar-refractivity contribution in [1.82, 2.24) is 0 Å². The first kappa shape index (κ1) is 13.1. The summed E-state index contributed by atoms with van der Waals surface area (Å²) in [6, 6.07) is 14.3. The van der Waals surface area contributed by atoms with Gasteiger partial charge in [0, 0.05) is 0 Å². The zero-order valence-corrected chi connectivity index (χ0v) is 11.9. The maximum atomic E-state index is 11.9. The molecule has 1 saturated heterocycles. The van der Waals surface area contributed by atoms with Crippen LogP contribution >= 0.6 is 0 Å². The number of benzene rings is 2. The predicted molar refractivity (Wildman–Crippen MR) is 77.4 cm³/mol. The average Bonchev–Trinajstić information content (AvgIpc) is 3.16. The molecule has 3 rings (SSSR count). The lowest BCUT2D eigenvalue weighted by Gasteiger charge is -2.18. The van der Waals surface area contributed by atoms with E-state index in [1.54, 1.807) is 0 Å². The number of carbonyl (C=O) groups is 1. The van der Waals surface area contributed by atoms with Crippen molar-refractivity contribution in [1.29, 1.82) is 0 Å². The van der Waals surface area contributed by atoms with Gasteiger partial charge in [-0.25, -0.2) is 4.79 Å². The van der Waals surface area contributed by atoms with Gasteiger partial charge in [-0.05, 0) is 43.2 Å². The van der Waals surface area contributed by atoms with Gasteiger partial charge >= 0.3 is 5.97 Å². The van der Waals surface area contributed by atoms with Crippen LogP contribution in [0.3, 0.4) is 0 Å². The summed E-state index contributed by atoms with van der Waals surface area (Å²) in [5.41, 5.74) is 0.552. The minimum absolute atomic E-state index is 0.172. The Labute approximate surface area is 118 Å². The van der Waals surface area contributed by atoms with Crippen molar-refractivity contribution < 1.29 is 14.3 Å². The van der Waals surface area contributed by atoms with Gasteiger partial charge in [-0.1, -0.05) is 36.4 Å². The molecule has 0 aromatic heterocycles. The molecule has 0 amide bonds. The number of epoxide rings is 1. The Morgan fingerprint density at radius 1 is 1.10 bits per heavy atom. The summed E-state index contributed by atoms with van der Waals surface area (Å²) in [6.45, 7) is 5.58.